The van der Waals surface area contributed by atoms with E-state index >= 15 is 0 Å². The Balaban J connectivity index is 1.27. The molecule has 0 spiro atoms. The second-order valence-electron chi connectivity index (χ2n) is 9.44. The third kappa shape index (κ3) is 4.22. The summed E-state index contributed by atoms with van der Waals surface area (Å²) in [6, 6.07) is 16.0. The molecular weight excluding hydrogens is 472 g/mol. The van der Waals surface area contributed by atoms with Crippen molar-refractivity contribution in [1.82, 2.24) is 29.6 Å². The molecule has 4 heterocycles. The molecule has 37 heavy (non-hydrogen) atoms. The van der Waals surface area contributed by atoms with Crippen LogP contribution in [0.25, 0.3) is 39.1 Å². The van der Waals surface area contributed by atoms with Crippen LogP contribution in [0.3, 0.4) is 0 Å². The molecule has 0 saturated carbocycles. The topological polar surface area (TPSA) is 74.7 Å². The third-order valence-electron chi connectivity index (χ3n) is 6.78. The Morgan fingerprint density at radius 1 is 1.03 bits per heavy atom. The van der Waals surface area contributed by atoms with Gasteiger partial charge in [-0.25, -0.2) is 18.7 Å². The number of hydrogen-bond donors (Lipinski definition) is 2. The Morgan fingerprint density at radius 2 is 1.78 bits per heavy atom. The first kappa shape index (κ1) is 22.9. The van der Waals surface area contributed by atoms with E-state index in [0.717, 1.165) is 50.4 Å². The molecule has 0 bridgehead atoms. The normalized spacial score (nSPS) is 14.5. The molecule has 5 aromatic rings. The van der Waals surface area contributed by atoms with E-state index in [9.17, 15) is 8.78 Å². The van der Waals surface area contributed by atoms with E-state index in [0.29, 0.717) is 11.5 Å². The maximum absolute atomic E-state index is 13.4. The van der Waals surface area contributed by atoms with Gasteiger partial charge in [-0.1, -0.05) is 30.8 Å². The average molecular weight is 498 g/mol. The third-order valence-corrected chi connectivity index (χ3v) is 6.78. The molecule has 1 aliphatic rings. The Bertz CT molecular complexity index is 1610. The van der Waals surface area contributed by atoms with Crippen molar-refractivity contribution in [3.05, 3.63) is 85.0 Å². The SMILES string of the molecule is C=C(c1cc2ccc(-c3ncc(C)c(Nc4ccc(-c5cn[nH]c5)cc4)n3)cc2n1C)N1CC(F)(F)C1. The van der Waals surface area contributed by atoms with Gasteiger partial charge in [-0.2, -0.15) is 5.10 Å². The monoisotopic (exact) mass is 497 g/mol. The van der Waals surface area contributed by atoms with Gasteiger partial charge in [-0.3, -0.25) is 5.10 Å². The van der Waals surface area contributed by atoms with Crippen LogP contribution < -0.4 is 5.32 Å². The highest BCUT2D eigenvalue weighted by molar-refractivity contribution is 5.88. The van der Waals surface area contributed by atoms with Crippen LogP contribution in [0.2, 0.25) is 0 Å². The number of nitrogens with one attached hydrogen (secondary N) is 2. The lowest BCUT2D eigenvalue weighted by Gasteiger charge is -2.41. The summed E-state index contributed by atoms with van der Waals surface area (Å²) in [5.41, 5.74) is 7.16. The standard InChI is InChI=1S/C28H25F2N7/c1-17-12-31-27(35-26(17)34-23-8-6-19(7-9-23)22-13-32-33-14-22)21-5-4-20-10-24(36(3)25(20)11-21)18(2)37-15-28(29,30)16-37/h4-14H,2,15-16H2,1,3H3,(H,32,33)(H,31,34,35). The predicted molar refractivity (Wildman–Crippen MR) is 142 cm³/mol. The maximum atomic E-state index is 13.4. The molecule has 0 aliphatic carbocycles. The Hall–Kier alpha value is -4.53. The second kappa shape index (κ2) is 8.55. The van der Waals surface area contributed by atoms with Gasteiger partial charge in [0.1, 0.15) is 5.82 Å². The lowest BCUT2D eigenvalue weighted by atomic mass is 10.1. The van der Waals surface area contributed by atoms with Crippen LogP contribution in [0.1, 0.15) is 11.3 Å². The first-order chi connectivity index (χ1) is 17.8. The van der Waals surface area contributed by atoms with E-state index in [1.54, 1.807) is 17.3 Å². The summed E-state index contributed by atoms with van der Waals surface area (Å²) in [4.78, 5) is 11.0. The summed E-state index contributed by atoms with van der Waals surface area (Å²) in [7, 11) is 1.92. The van der Waals surface area contributed by atoms with Crippen LogP contribution >= 0.6 is 0 Å². The molecule has 0 radical (unpaired) electrons. The summed E-state index contributed by atoms with van der Waals surface area (Å²) in [6.07, 6.45) is 5.45. The smallest absolute Gasteiger partial charge is 0.282 e. The van der Waals surface area contributed by atoms with E-state index in [1.807, 2.05) is 73.3 Å². The molecule has 9 heteroatoms. The Labute approximate surface area is 212 Å². The molecule has 0 amide bonds. The number of nitrogens with zero attached hydrogens (tertiary/aromatic N) is 5. The van der Waals surface area contributed by atoms with E-state index in [2.05, 4.69) is 27.1 Å². The predicted octanol–water partition coefficient (Wildman–Crippen LogP) is 6.00. The van der Waals surface area contributed by atoms with Crippen molar-refractivity contribution in [3.8, 4) is 22.5 Å². The number of benzene rings is 2. The van der Waals surface area contributed by atoms with Crippen molar-refractivity contribution in [3.63, 3.8) is 0 Å². The van der Waals surface area contributed by atoms with Gasteiger partial charge >= 0.3 is 0 Å². The number of aromatic nitrogens is 5. The Morgan fingerprint density at radius 3 is 2.49 bits per heavy atom. The number of H-pyrrole nitrogens is 1. The molecule has 186 valence electrons. The number of likely N-dealkylation sites (tertiary alicyclic amines) is 1. The van der Waals surface area contributed by atoms with E-state index in [1.165, 1.54) is 0 Å². The van der Waals surface area contributed by atoms with Gasteiger partial charge in [0.2, 0.25) is 0 Å². The van der Waals surface area contributed by atoms with Gasteiger partial charge in [0.15, 0.2) is 5.82 Å². The number of aryl methyl sites for hydroxylation is 2. The lowest BCUT2D eigenvalue weighted by Crippen LogP contribution is -2.54. The number of aromatic amines is 1. The minimum atomic E-state index is -2.64. The van der Waals surface area contributed by atoms with Crippen molar-refractivity contribution in [2.45, 2.75) is 12.8 Å². The minimum Gasteiger partial charge on any atom is -0.358 e. The second-order valence-corrected chi connectivity index (χ2v) is 9.44. The van der Waals surface area contributed by atoms with Crippen molar-refractivity contribution >= 4 is 28.1 Å². The number of hydrogen-bond acceptors (Lipinski definition) is 5. The minimum absolute atomic E-state index is 0.294. The van der Waals surface area contributed by atoms with E-state index in [4.69, 9.17) is 4.98 Å². The highest BCUT2D eigenvalue weighted by Gasteiger charge is 2.44. The van der Waals surface area contributed by atoms with Gasteiger partial charge in [-0.05, 0) is 36.8 Å². The Kier molecular flexibility index (Phi) is 5.29. The molecule has 1 saturated heterocycles. The zero-order valence-electron chi connectivity index (χ0n) is 20.5. The van der Waals surface area contributed by atoms with Crippen molar-refractivity contribution in [1.29, 1.82) is 0 Å². The van der Waals surface area contributed by atoms with Gasteiger partial charge in [-0.15, -0.1) is 0 Å². The average Bonchev–Trinajstić information content (AvgIpc) is 3.52. The number of anilines is 2. The first-order valence-corrected chi connectivity index (χ1v) is 11.9. The molecule has 1 fully saturated rings. The van der Waals surface area contributed by atoms with E-state index in [-0.39, 0.29) is 13.1 Å². The summed E-state index contributed by atoms with van der Waals surface area (Å²) < 4.78 is 28.7. The molecule has 6 rings (SSSR count). The molecule has 3 aromatic heterocycles. The molecule has 7 nitrogen and oxygen atoms in total. The number of halogens is 2. The largest absolute Gasteiger partial charge is 0.358 e. The fourth-order valence-corrected chi connectivity index (χ4v) is 4.61. The van der Waals surface area contributed by atoms with Gasteiger partial charge in [0.25, 0.3) is 5.92 Å². The number of alkyl halides is 2. The van der Waals surface area contributed by atoms with Gasteiger partial charge < -0.3 is 14.8 Å². The molecule has 0 atom stereocenters. The van der Waals surface area contributed by atoms with Crippen LogP contribution in [0.5, 0.6) is 0 Å². The van der Waals surface area contributed by atoms with Crippen molar-refractivity contribution < 1.29 is 8.78 Å². The summed E-state index contributed by atoms with van der Waals surface area (Å²) in [5.74, 6) is -1.33. The summed E-state index contributed by atoms with van der Waals surface area (Å²) in [5, 5.41) is 11.2. The quantitative estimate of drug-likeness (QED) is 0.301. The lowest BCUT2D eigenvalue weighted by molar-refractivity contribution is -0.105. The van der Waals surface area contributed by atoms with Crippen LogP contribution in [0.15, 0.2) is 73.7 Å². The molecular formula is C28H25F2N7. The van der Waals surface area contributed by atoms with Crippen LogP contribution in [0, 0.1) is 6.92 Å². The van der Waals surface area contributed by atoms with Crippen molar-refractivity contribution in [2.24, 2.45) is 7.05 Å². The highest BCUT2D eigenvalue weighted by atomic mass is 19.3. The van der Waals surface area contributed by atoms with Gasteiger partial charge in [0, 0.05) is 52.7 Å². The molecule has 1 aliphatic heterocycles. The molecule has 2 aromatic carbocycles. The zero-order chi connectivity index (χ0) is 25.7. The maximum Gasteiger partial charge on any atom is 0.282 e. The summed E-state index contributed by atoms with van der Waals surface area (Å²) in [6.45, 7) is 5.44. The first-order valence-electron chi connectivity index (χ1n) is 11.9. The molecule has 2 N–H and O–H groups in total. The fraction of sp³-hybridized carbons (Fsp3) is 0.179. The van der Waals surface area contributed by atoms with E-state index < -0.39 is 5.92 Å². The highest BCUT2D eigenvalue weighted by Crippen LogP contribution is 2.35. The van der Waals surface area contributed by atoms with Gasteiger partial charge in [0.05, 0.1) is 30.7 Å². The van der Waals surface area contributed by atoms with Crippen LogP contribution in [-0.2, 0) is 7.05 Å². The fourth-order valence-electron chi connectivity index (χ4n) is 4.61. The van der Waals surface area contributed by atoms with Crippen LogP contribution in [-0.4, -0.2) is 48.6 Å². The molecule has 0 unspecified atom stereocenters. The number of rotatable bonds is 6. The van der Waals surface area contributed by atoms with Crippen molar-refractivity contribution in [2.75, 3.05) is 18.4 Å². The summed E-state index contributed by atoms with van der Waals surface area (Å²) >= 11 is 0. The van der Waals surface area contributed by atoms with Crippen LogP contribution in [0.4, 0.5) is 20.3 Å². The number of fused-ring (bicyclic) bond motifs is 1. The zero-order valence-corrected chi connectivity index (χ0v) is 20.5.